The summed E-state index contributed by atoms with van der Waals surface area (Å²) in [6.45, 7) is 2.23. The minimum Gasteiger partial charge on any atom is -0.383 e. The van der Waals surface area contributed by atoms with Crippen LogP contribution in [0.1, 0.15) is 17.4 Å². The first-order valence-electron chi connectivity index (χ1n) is 6.12. The summed E-state index contributed by atoms with van der Waals surface area (Å²) >= 11 is 0. The summed E-state index contributed by atoms with van der Waals surface area (Å²) in [5, 5.41) is 6.43. The van der Waals surface area contributed by atoms with Gasteiger partial charge in [0.15, 0.2) is 11.5 Å². The molecule has 0 fully saturated rings. The average molecular weight is 278 g/mol. The zero-order valence-electron chi connectivity index (χ0n) is 11.2. The molecule has 5 nitrogen and oxygen atoms in total. The first-order chi connectivity index (χ1) is 9.60. The van der Waals surface area contributed by atoms with Gasteiger partial charge in [-0.1, -0.05) is 5.16 Å². The zero-order chi connectivity index (χ0) is 14.5. The van der Waals surface area contributed by atoms with E-state index in [1.165, 1.54) is 18.2 Å². The molecule has 1 N–H and O–H groups in total. The Morgan fingerprint density at radius 3 is 2.80 bits per heavy atom. The van der Waals surface area contributed by atoms with Crippen LogP contribution in [0, 0.1) is 5.82 Å². The normalized spacial score (nSPS) is 12.2. The lowest BCUT2D eigenvalue weighted by molar-refractivity contribution is 0.0896. The number of benzene rings is 1. The number of aromatic nitrogens is 1. The molecule has 1 aromatic carbocycles. The van der Waals surface area contributed by atoms with Gasteiger partial charge in [-0.2, -0.15) is 0 Å². The van der Waals surface area contributed by atoms with Gasteiger partial charge in [-0.15, -0.1) is 0 Å². The quantitative estimate of drug-likeness (QED) is 0.911. The molecule has 106 valence electrons. The molecule has 0 radical (unpaired) electrons. The topological polar surface area (TPSA) is 64.4 Å². The van der Waals surface area contributed by atoms with Crippen molar-refractivity contribution in [1.82, 2.24) is 10.5 Å². The summed E-state index contributed by atoms with van der Waals surface area (Å²) in [6, 6.07) is 7.15. The van der Waals surface area contributed by atoms with Crippen LogP contribution in [0.4, 0.5) is 4.39 Å². The molecular formula is C14H15FN2O3. The Bertz CT molecular complexity index is 580. The van der Waals surface area contributed by atoms with Crippen molar-refractivity contribution in [3.05, 3.63) is 41.8 Å². The standard InChI is InChI=1S/C14H15FN2O3/c1-9(8-19-2)16-14(18)12-7-13(20-17-12)10-3-5-11(15)6-4-10/h3-7,9H,8H2,1-2H3,(H,16,18)/t9-/m1/s1. The number of amides is 1. The summed E-state index contributed by atoms with van der Waals surface area (Å²) in [6.07, 6.45) is 0. The van der Waals surface area contributed by atoms with E-state index in [2.05, 4.69) is 10.5 Å². The predicted octanol–water partition coefficient (Wildman–Crippen LogP) is 2.25. The fourth-order valence-corrected chi connectivity index (χ4v) is 1.72. The number of methoxy groups -OCH3 is 1. The van der Waals surface area contributed by atoms with Gasteiger partial charge >= 0.3 is 0 Å². The number of hydrogen-bond acceptors (Lipinski definition) is 4. The summed E-state index contributed by atoms with van der Waals surface area (Å²) in [5.74, 6) is -0.263. The smallest absolute Gasteiger partial charge is 0.273 e. The zero-order valence-corrected chi connectivity index (χ0v) is 11.2. The first kappa shape index (κ1) is 14.2. The van der Waals surface area contributed by atoms with Crippen LogP contribution in [0.2, 0.25) is 0 Å². The summed E-state index contributed by atoms with van der Waals surface area (Å²) in [4.78, 5) is 11.9. The van der Waals surface area contributed by atoms with Crippen molar-refractivity contribution in [3.63, 3.8) is 0 Å². The van der Waals surface area contributed by atoms with Crippen LogP contribution in [0.5, 0.6) is 0 Å². The van der Waals surface area contributed by atoms with Gasteiger partial charge in [0.05, 0.1) is 6.61 Å². The van der Waals surface area contributed by atoms with E-state index in [-0.39, 0.29) is 23.5 Å². The summed E-state index contributed by atoms with van der Waals surface area (Å²) in [5.41, 5.74) is 0.829. The van der Waals surface area contributed by atoms with Gasteiger partial charge in [-0.05, 0) is 31.2 Å². The first-order valence-corrected chi connectivity index (χ1v) is 6.12. The van der Waals surface area contributed by atoms with E-state index in [0.29, 0.717) is 17.9 Å². The highest BCUT2D eigenvalue weighted by molar-refractivity contribution is 5.93. The molecule has 0 saturated carbocycles. The third-order valence-corrected chi connectivity index (χ3v) is 2.67. The highest BCUT2D eigenvalue weighted by Crippen LogP contribution is 2.20. The molecule has 1 atom stereocenters. The Morgan fingerprint density at radius 1 is 1.45 bits per heavy atom. The Hall–Kier alpha value is -2.21. The van der Waals surface area contributed by atoms with Crippen molar-refractivity contribution in [2.24, 2.45) is 0 Å². The van der Waals surface area contributed by atoms with Crippen LogP contribution in [-0.2, 0) is 4.74 Å². The van der Waals surface area contributed by atoms with E-state index >= 15 is 0 Å². The number of carbonyl (C=O) groups is 1. The van der Waals surface area contributed by atoms with Gasteiger partial charge in [0.2, 0.25) is 0 Å². The Morgan fingerprint density at radius 2 is 2.15 bits per heavy atom. The maximum atomic E-state index is 12.8. The number of carbonyl (C=O) groups excluding carboxylic acids is 1. The van der Waals surface area contributed by atoms with Gasteiger partial charge in [0.1, 0.15) is 5.82 Å². The second kappa shape index (κ2) is 6.29. The van der Waals surface area contributed by atoms with Gasteiger partial charge in [0.25, 0.3) is 5.91 Å². The molecule has 0 saturated heterocycles. The molecule has 6 heteroatoms. The lowest BCUT2D eigenvalue weighted by atomic mass is 10.1. The van der Waals surface area contributed by atoms with E-state index in [9.17, 15) is 9.18 Å². The third kappa shape index (κ3) is 3.42. The van der Waals surface area contributed by atoms with Crippen molar-refractivity contribution in [1.29, 1.82) is 0 Å². The summed E-state index contributed by atoms with van der Waals surface area (Å²) < 4.78 is 22.9. The van der Waals surface area contributed by atoms with E-state index in [4.69, 9.17) is 9.26 Å². The molecule has 1 heterocycles. The summed E-state index contributed by atoms with van der Waals surface area (Å²) in [7, 11) is 1.56. The lowest BCUT2D eigenvalue weighted by Gasteiger charge is -2.10. The maximum Gasteiger partial charge on any atom is 0.273 e. The number of rotatable bonds is 5. The largest absolute Gasteiger partial charge is 0.383 e. The molecule has 0 bridgehead atoms. The van der Waals surface area contributed by atoms with E-state index in [0.717, 1.165) is 0 Å². The molecule has 20 heavy (non-hydrogen) atoms. The molecule has 0 spiro atoms. The molecule has 0 aliphatic heterocycles. The number of ether oxygens (including phenoxy) is 1. The van der Waals surface area contributed by atoms with Crippen molar-refractivity contribution in [2.75, 3.05) is 13.7 Å². The van der Waals surface area contributed by atoms with Crippen molar-refractivity contribution in [3.8, 4) is 11.3 Å². The average Bonchev–Trinajstić information content (AvgIpc) is 2.89. The number of halogens is 1. The molecule has 1 amide bonds. The molecule has 2 aromatic rings. The fraction of sp³-hybridized carbons (Fsp3) is 0.286. The Kier molecular flexibility index (Phi) is 4.47. The Labute approximate surface area is 115 Å². The van der Waals surface area contributed by atoms with Crippen molar-refractivity contribution >= 4 is 5.91 Å². The lowest BCUT2D eigenvalue weighted by Crippen LogP contribution is -2.35. The van der Waals surface area contributed by atoms with E-state index < -0.39 is 0 Å². The highest BCUT2D eigenvalue weighted by atomic mass is 19.1. The molecule has 2 rings (SSSR count). The van der Waals surface area contributed by atoms with Gasteiger partial charge < -0.3 is 14.6 Å². The predicted molar refractivity (Wildman–Crippen MR) is 70.7 cm³/mol. The molecule has 0 unspecified atom stereocenters. The van der Waals surface area contributed by atoms with Gasteiger partial charge in [-0.3, -0.25) is 4.79 Å². The van der Waals surface area contributed by atoms with Crippen LogP contribution in [0.15, 0.2) is 34.9 Å². The van der Waals surface area contributed by atoms with Crippen molar-refractivity contribution in [2.45, 2.75) is 13.0 Å². The van der Waals surface area contributed by atoms with Crippen LogP contribution in [0.25, 0.3) is 11.3 Å². The van der Waals surface area contributed by atoms with Crippen LogP contribution >= 0.6 is 0 Å². The minimum absolute atomic E-state index is 0.126. The second-order valence-electron chi connectivity index (χ2n) is 4.41. The number of nitrogens with zero attached hydrogens (tertiary/aromatic N) is 1. The number of hydrogen-bond donors (Lipinski definition) is 1. The fourth-order valence-electron chi connectivity index (χ4n) is 1.72. The third-order valence-electron chi connectivity index (χ3n) is 2.67. The maximum absolute atomic E-state index is 12.8. The minimum atomic E-state index is -0.341. The van der Waals surface area contributed by atoms with Gasteiger partial charge in [-0.25, -0.2) is 4.39 Å². The van der Waals surface area contributed by atoms with Gasteiger partial charge in [0, 0.05) is 24.8 Å². The SMILES string of the molecule is COC[C@@H](C)NC(=O)c1cc(-c2ccc(F)cc2)on1. The van der Waals surface area contributed by atoms with Crippen LogP contribution in [0.3, 0.4) is 0 Å². The highest BCUT2D eigenvalue weighted by Gasteiger charge is 2.15. The molecular weight excluding hydrogens is 263 g/mol. The van der Waals surface area contributed by atoms with Crippen LogP contribution < -0.4 is 5.32 Å². The van der Waals surface area contributed by atoms with Crippen molar-refractivity contribution < 1.29 is 18.4 Å². The van der Waals surface area contributed by atoms with Crippen LogP contribution in [-0.4, -0.2) is 30.8 Å². The second-order valence-corrected chi connectivity index (χ2v) is 4.41. The molecule has 0 aliphatic rings. The molecule has 0 aliphatic carbocycles. The van der Waals surface area contributed by atoms with E-state index in [1.807, 2.05) is 6.92 Å². The number of nitrogens with one attached hydrogen (secondary N) is 1. The van der Waals surface area contributed by atoms with E-state index in [1.54, 1.807) is 19.2 Å². The molecule has 1 aromatic heterocycles. The Balaban J connectivity index is 2.08. The monoisotopic (exact) mass is 278 g/mol.